The Morgan fingerprint density at radius 2 is 1.87 bits per heavy atom. The van der Waals surface area contributed by atoms with Gasteiger partial charge in [-0.15, -0.1) is 5.10 Å². The van der Waals surface area contributed by atoms with Gasteiger partial charge in [0.15, 0.2) is 0 Å². The van der Waals surface area contributed by atoms with E-state index in [4.69, 9.17) is 14.2 Å². The van der Waals surface area contributed by atoms with Gasteiger partial charge in [-0.2, -0.15) is 0 Å². The van der Waals surface area contributed by atoms with Crippen LogP contribution in [0.15, 0.2) is 18.2 Å². The summed E-state index contributed by atoms with van der Waals surface area (Å²) in [6.07, 6.45) is 6.24. The Hall–Kier alpha value is -2.45. The van der Waals surface area contributed by atoms with Crippen molar-refractivity contribution in [3.63, 3.8) is 0 Å². The van der Waals surface area contributed by atoms with Crippen molar-refractivity contribution >= 4 is 22.8 Å². The van der Waals surface area contributed by atoms with Crippen LogP contribution in [0.5, 0.6) is 11.6 Å². The van der Waals surface area contributed by atoms with Gasteiger partial charge in [-0.1, -0.05) is 19.9 Å². The highest BCUT2D eigenvalue weighted by Gasteiger charge is 2.41. The molecule has 0 spiro atoms. The predicted molar refractivity (Wildman–Crippen MR) is 113 cm³/mol. The zero-order valence-electron chi connectivity index (χ0n) is 18.1. The lowest BCUT2D eigenvalue weighted by Gasteiger charge is -2.40. The summed E-state index contributed by atoms with van der Waals surface area (Å²) in [6.45, 7) is 6.94. The van der Waals surface area contributed by atoms with Crippen molar-refractivity contribution in [2.24, 2.45) is 5.92 Å². The molecule has 3 aliphatic heterocycles. The molecule has 0 amide bonds. The molecule has 1 aromatic heterocycles. The van der Waals surface area contributed by atoms with Crippen molar-refractivity contribution in [3.8, 4) is 11.6 Å². The van der Waals surface area contributed by atoms with Crippen molar-refractivity contribution in [1.82, 2.24) is 14.7 Å². The second-order valence-electron chi connectivity index (χ2n) is 9.07. The molecule has 0 radical (unpaired) electrons. The van der Waals surface area contributed by atoms with E-state index < -0.39 is 11.9 Å². The Balaban J connectivity index is 1.30. The van der Waals surface area contributed by atoms with Crippen LogP contribution in [0.2, 0.25) is 0 Å². The van der Waals surface area contributed by atoms with E-state index in [-0.39, 0.29) is 5.88 Å². The summed E-state index contributed by atoms with van der Waals surface area (Å²) in [7, 11) is 0. The SMILES string of the molecule is CCCOC1C[C@H]2CC[C@H](C1)N2C[C@@H](C)Cn1nc2c3c(cccc31)OC(=O)C(=O)O2. The molecule has 2 bridgehead atoms. The van der Waals surface area contributed by atoms with E-state index in [1.807, 2.05) is 10.7 Å². The molecule has 0 aliphatic carbocycles. The summed E-state index contributed by atoms with van der Waals surface area (Å²) in [5, 5.41) is 5.07. The van der Waals surface area contributed by atoms with Crippen LogP contribution in [0.1, 0.15) is 46.0 Å². The topological polar surface area (TPSA) is 82.9 Å². The first-order valence-electron chi connectivity index (χ1n) is 11.3. The summed E-state index contributed by atoms with van der Waals surface area (Å²) in [5.74, 6) is -1.25. The molecule has 3 aliphatic rings. The van der Waals surface area contributed by atoms with Crippen molar-refractivity contribution in [2.75, 3.05) is 13.2 Å². The van der Waals surface area contributed by atoms with Gasteiger partial charge >= 0.3 is 11.9 Å². The van der Waals surface area contributed by atoms with Crippen LogP contribution >= 0.6 is 0 Å². The number of aromatic nitrogens is 2. The van der Waals surface area contributed by atoms with Crippen LogP contribution in [0.3, 0.4) is 0 Å². The van der Waals surface area contributed by atoms with Crippen LogP contribution in [0, 0.1) is 5.92 Å². The third-order valence-corrected chi connectivity index (χ3v) is 6.67. The molecule has 5 rings (SSSR count). The quantitative estimate of drug-likeness (QED) is 0.382. The molecule has 8 heteroatoms. The fraction of sp³-hybridized carbons (Fsp3) is 0.609. The number of hydrogen-bond donors (Lipinski definition) is 0. The van der Waals surface area contributed by atoms with Crippen molar-refractivity contribution in [1.29, 1.82) is 0 Å². The van der Waals surface area contributed by atoms with Crippen molar-refractivity contribution in [3.05, 3.63) is 18.2 Å². The van der Waals surface area contributed by atoms with E-state index >= 15 is 0 Å². The minimum absolute atomic E-state index is 0.141. The molecule has 0 unspecified atom stereocenters. The molecule has 2 fully saturated rings. The summed E-state index contributed by atoms with van der Waals surface area (Å²) in [4.78, 5) is 26.2. The second kappa shape index (κ2) is 8.24. The minimum Gasteiger partial charge on any atom is -0.417 e. The molecule has 31 heavy (non-hydrogen) atoms. The minimum atomic E-state index is -1.04. The molecule has 0 saturated carbocycles. The van der Waals surface area contributed by atoms with E-state index in [9.17, 15) is 9.59 Å². The summed E-state index contributed by atoms with van der Waals surface area (Å²) in [6, 6.07) is 6.57. The Labute approximate surface area is 181 Å². The van der Waals surface area contributed by atoms with Gasteiger partial charge in [0.2, 0.25) is 0 Å². The molecular weight excluding hydrogens is 398 g/mol. The Morgan fingerprint density at radius 3 is 2.61 bits per heavy atom. The number of carbonyl (C=O) groups excluding carboxylic acids is 2. The number of piperidine rings is 1. The summed E-state index contributed by atoms with van der Waals surface area (Å²) in [5.41, 5.74) is 0.802. The zero-order chi connectivity index (χ0) is 21.5. The van der Waals surface area contributed by atoms with Gasteiger partial charge in [-0.3, -0.25) is 9.58 Å². The lowest BCUT2D eigenvalue weighted by molar-refractivity contribution is -0.155. The third-order valence-electron chi connectivity index (χ3n) is 6.67. The highest BCUT2D eigenvalue weighted by Crippen LogP contribution is 2.38. The summed E-state index contributed by atoms with van der Waals surface area (Å²) >= 11 is 0. The summed E-state index contributed by atoms with van der Waals surface area (Å²) < 4.78 is 18.3. The van der Waals surface area contributed by atoms with Crippen LogP contribution in [-0.2, 0) is 20.9 Å². The van der Waals surface area contributed by atoms with Gasteiger partial charge in [0.1, 0.15) is 11.1 Å². The van der Waals surface area contributed by atoms with Gasteiger partial charge in [0.25, 0.3) is 5.88 Å². The Bertz CT molecular complexity index is 989. The maximum absolute atomic E-state index is 11.8. The number of carbonyl (C=O) groups is 2. The smallest absolute Gasteiger partial charge is 0.417 e. The van der Waals surface area contributed by atoms with E-state index in [0.29, 0.717) is 41.8 Å². The Kier molecular flexibility index (Phi) is 5.44. The maximum atomic E-state index is 11.8. The molecule has 2 saturated heterocycles. The van der Waals surface area contributed by atoms with Gasteiger partial charge in [0, 0.05) is 31.8 Å². The number of rotatable bonds is 7. The Morgan fingerprint density at radius 1 is 1.13 bits per heavy atom. The van der Waals surface area contributed by atoms with Crippen LogP contribution < -0.4 is 9.47 Å². The van der Waals surface area contributed by atoms with E-state index in [1.165, 1.54) is 12.8 Å². The van der Waals surface area contributed by atoms with Gasteiger partial charge in [-0.25, -0.2) is 9.59 Å². The molecule has 4 heterocycles. The molecule has 0 N–H and O–H groups in total. The average Bonchev–Trinajstić information content (AvgIpc) is 3.14. The second-order valence-corrected chi connectivity index (χ2v) is 9.07. The van der Waals surface area contributed by atoms with Gasteiger partial charge in [0.05, 0.1) is 11.6 Å². The monoisotopic (exact) mass is 427 g/mol. The van der Waals surface area contributed by atoms with Crippen LogP contribution in [0.25, 0.3) is 10.9 Å². The molecule has 166 valence electrons. The molecule has 3 atom stereocenters. The largest absolute Gasteiger partial charge is 0.424 e. The molecule has 8 nitrogen and oxygen atoms in total. The van der Waals surface area contributed by atoms with Crippen molar-refractivity contribution < 1.29 is 23.8 Å². The van der Waals surface area contributed by atoms with Crippen LogP contribution in [-0.4, -0.2) is 58.0 Å². The fourth-order valence-electron chi connectivity index (χ4n) is 5.39. The standard InChI is InChI=1S/C23H29N3O5/c1-3-9-29-17-10-15-7-8-16(11-17)25(15)12-14(2)13-26-18-5-4-6-19-20(18)21(24-26)31-23(28)22(27)30-19/h4-6,14-17H,3,7-13H2,1-2H3/t14-,15-,16-/m1/s1. The molecule has 1 aromatic carbocycles. The first-order chi connectivity index (χ1) is 15.0. The average molecular weight is 428 g/mol. The number of ether oxygens (including phenoxy) is 3. The van der Waals surface area contributed by atoms with E-state index in [2.05, 4.69) is 23.8 Å². The predicted octanol–water partition coefficient (Wildman–Crippen LogP) is 2.92. The van der Waals surface area contributed by atoms with Gasteiger partial charge in [-0.05, 0) is 50.2 Å². The normalized spacial score (nSPS) is 26.6. The van der Waals surface area contributed by atoms with E-state index in [0.717, 1.165) is 37.9 Å². The lowest BCUT2D eigenvalue weighted by Crippen LogP contribution is -2.47. The molecular formula is C23H29N3O5. The number of nitrogens with zero attached hydrogens (tertiary/aromatic N) is 3. The lowest BCUT2D eigenvalue weighted by atomic mass is 9.98. The maximum Gasteiger partial charge on any atom is 0.424 e. The number of fused-ring (bicyclic) bond motifs is 2. The first-order valence-corrected chi connectivity index (χ1v) is 11.3. The first kappa shape index (κ1) is 20.5. The number of esters is 2. The van der Waals surface area contributed by atoms with Gasteiger partial charge < -0.3 is 14.2 Å². The molecule has 2 aromatic rings. The van der Waals surface area contributed by atoms with Crippen LogP contribution in [0.4, 0.5) is 0 Å². The van der Waals surface area contributed by atoms with Crippen molar-refractivity contribution in [2.45, 2.75) is 70.7 Å². The van der Waals surface area contributed by atoms with E-state index in [1.54, 1.807) is 12.1 Å². The number of hydrogen-bond acceptors (Lipinski definition) is 7. The zero-order valence-corrected chi connectivity index (χ0v) is 18.1. The third kappa shape index (κ3) is 3.83. The fourth-order valence-corrected chi connectivity index (χ4v) is 5.39. The highest BCUT2D eigenvalue weighted by atomic mass is 16.6. The highest BCUT2D eigenvalue weighted by molar-refractivity contribution is 6.32. The number of benzene rings is 1.